The first-order valence-electron chi connectivity index (χ1n) is 3.27. The number of hydrogen-bond donors (Lipinski definition) is 0. The Labute approximate surface area is 85.3 Å². The summed E-state index contributed by atoms with van der Waals surface area (Å²) in [6, 6.07) is 3.39. The summed E-state index contributed by atoms with van der Waals surface area (Å²) >= 11 is 2.53. The summed E-state index contributed by atoms with van der Waals surface area (Å²) in [5.41, 5.74) is 0.443. The number of nitrogens with zero attached hydrogens (tertiary/aromatic N) is 1. The van der Waals surface area contributed by atoms with Crippen LogP contribution in [0.25, 0.3) is 0 Å². The summed E-state index contributed by atoms with van der Waals surface area (Å²) in [6.07, 6.45) is 2.96. The van der Waals surface area contributed by atoms with Crippen LogP contribution in [0.4, 0.5) is 0 Å². The predicted octanol–water partition coefficient (Wildman–Crippen LogP) is 1.75. The Balaban J connectivity index is 3.33. The van der Waals surface area contributed by atoms with Crippen molar-refractivity contribution in [2.75, 3.05) is 12.5 Å². The average molecular weight is 233 g/mol. The summed E-state index contributed by atoms with van der Waals surface area (Å²) in [5, 5.41) is 8.68. The first kappa shape index (κ1) is 10.6. The third-order valence-electron chi connectivity index (χ3n) is 1.35. The second-order valence-electron chi connectivity index (χ2n) is 2.35. The number of hydrogen-bond acceptors (Lipinski definition) is 5. The van der Waals surface area contributed by atoms with Gasteiger partial charge in [-0.2, -0.15) is 5.26 Å². The van der Waals surface area contributed by atoms with Gasteiger partial charge in [0.1, 0.15) is 10.3 Å². The van der Waals surface area contributed by atoms with E-state index in [-0.39, 0.29) is 4.21 Å². The van der Waals surface area contributed by atoms with Gasteiger partial charge in [-0.1, -0.05) is 0 Å². The normalized spacial score (nSPS) is 11.2. The zero-order valence-electron chi connectivity index (χ0n) is 7.07. The number of thiophene rings is 1. The molecule has 13 heavy (non-hydrogen) atoms. The maximum absolute atomic E-state index is 11.1. The van der Waals surface area contributed by atoms with Gasteiger partial charge >= 0.3 is 0 Å². The van der Waals surface area contributed by atoms with Gasteiger partial charge in [-0.3, -0.25) is 0 Å². The van der Waals surface area contributed by atoms with Crippen molar-refractivity contribution in [1.29, 1.82) is 5.26 Å². The maximum Gasteiger partial charge on any atom is 0.184 e. The molecule has 0 N–H and O–H groups in total. The number of thioether (sulfide) groups is 1. The molecule has 0 amide bonds. The summed E-state index contributed by atoms with van der Waals surface area (Å²) in [4.78, 5) is 0. The molecule has 0 atom stereocenters. The largest absolute Gasteiger partial charge is 0.223 e. The van der Waals surface area contributed by atoms with E-state index in [1.807, 2.05) is 12.3 Å². The summed E-state index contributed by atoms with van der Waals surface area (Å²) in [5.74, 6) is 0. The van der Waals surface area contributed by atoms with Crippen molar-refractivity contribution in [3.8, 4) is 6.07 Å². The van der Waals surface area contributed by atoms with Crippen LogP contribution in [0.15, 0.2) is 14.5 Å². The van der Waals surface area contributed by atoms with Gasteiger partial charge in [-0.15, -0.1) is 23.1 Å². The van der Waals surface area contributed by atoms with Crippen LogP contribution in [0.2, 0.25) is 0 Å². The summed E-state index contributed by atoms with van der Waals surface area (Å²) in [7, 11) is -3.17. The van der Waals surface area contributed by atoms with Crippen LogP contribution in [-0.4, -0.2) is 20.9 Å². The smallest absolute Gasteiger partial charge is 0.184 e. The molecule has 0 spiro atoms. The third kappa shape index (κ3) is 2.24. The number of nitriles is 1. The van der Waals surface area contributed by atoms with Crippen LogP contribution in [0, 0.1) is 11.3 Å². The molecule has 0 fully saturated rings. The molecule has 1 heterocycles. The fourth-order valence-corrected chi connectivity index (χ4v) is 3.61. The molecule has 3 nitrogen and oxygen atoms in total. The molecule has 6 heteroatoms. The van der Waals surface area contributed by atoms with Gasteiger partial charge in [-0.05, 0) is 12.3 Å². The molecule has 0 saturated carbocycles. The quantitative estimate of drug-likeness (QED) is 0.730. The first-order chi connectivity index (χ1) is 5.99. The molecular formula is C7H7NO2S3. The minimum Gasteiger partial charge on any atom is -0.223 e. The molecule has 0 aliphatic heterocycles. The van der Waals surface area contributed by atoms with E-state index in [9.17, 15) is 8.42 Å². The molecule has 70 valence electrons. The molecule has 0 aliphatic rings. The van der Waals surface area contributed by atoms with Gasteiger partial charge < -0.3 is 0 Å². The lowest BCUT2D eigenvalue weighted by molar-refractivity contribution is 0.604. The van der Waals surface area contributed by atoms with Crippen LogP contribution in [0.1, 0.15) is 5.56 Å². The van der Waals surface area contributed by atoms with Gasteiger partial charge in [0.05, 0.1) is 9.77 Å². The van der Waals surface area contributed by atoms with Crippen LogP contribution >= 0.6 is 23.1 Å². The SMILES string of the molecule is CSc1sc(S(C)(=O)=O)cc1C#N. The molecule has 0 aliphatic carbocycles. The van der Waals surface area contributed by atoms with E-state index in [4.69, 9.17) is 5.26 Å². The van der Waals surface area contributed by atoms with Crippen LogP contribution in [0.3, 0.4) is 0 Å². The highest BCUT2D eigenvalue weighted by Gasteiger charge is 2.15. The van der Waals surface area contributed by atoms with E-state index in [1.165, 1.54) is 17.8 Å². The molecule has 1 aromatic heterocycles. The minimum absolute atomic E-state index is 0.258. The first-order valence-corrected chi connectivity index (χ1v) is 7.20. The Morgan fingerprint density at radius 1 is 1.62 bits per heavy atom. The standard InChI is InChI=1S/C7H7NO2S3/c1-11-7-5(4-8)3-6(12-7)13(2,9)10/h3H,1-2H3. The van der Waals surface area contributed by atoms with Crippen LogP contribution in [-0.2, 0) is 9.84 Å². The van der Waals surface area contributed by atoms with Crippen molar-refractivity contribution in [3.63, 3.8) is 0 Å². The monoisotopic (exact) mass is 233 g/mol. The number of sulfone groups is 1. The van der Waals surface area contributed by atoms with Crippen LogP contribution in [0.5, 0.6) is 0 Å². The summed E-state index contributed by atoms with van der Waals surface area (Å²) < 4.78 is 23.3. The Bertz CT molecular complexity index is 453. The van der Waals surface area contributed by atoms with Crippen molar-refractivity contribution in [3.05, 3.63) is 11.6 Å². The summed E-state index contributed by atoms with van der Waals surface area (Å²) in [6.45, 7) is 0. The molecule has 0 saturated heterocycles. The van der Waals surface area contributed by atoms with Crippen molar-refractivity contribution >= 4 is 32.9 Å². The second kappa shape index (κ2) is 3.70. The van der Waals surface area contributed by atoms with E-state index in [2.05, 4.69) is 0 Å². The molecule has 0 aromatic carbocycles. The number of rotatable bonds is 2. The molecular weight excluding hydrogens is 226 g/mol. The Morgan fingerprint density at radius 3 is 2.54 bits per heavy atom. The van der Waals surface area contributed by atoms with Crippen LogP contribution < -0.4 is 0 Å². The fourth-order valence-electron chi connectivity index (χ4n) is 0.765. The van der Waals surface area contributed by atoms with E-state index in [0.29, 0.717) is 5.56 Å². The lowest BCUT2D eigenvalue weighted by Crippen LogP contribution is -1.92. The second-order valence-corrected chi connectivity index (χ2v) is 6.72. The Kier molecular flexibility index (Phi) is 3.01. The van der Waals surface area contributed by atoms with Gasteiger partial charge in [0, 0.05) is 6.26 Å². The maximum atomic E-state index is 11.1. The van der Waals surface area contributed by atoms with Crippen molar-refractivity contribution in [2.45, 2.75) is 8.42 Å². The minimum atomic E-state index is -3.17. The highest BCUT2D eigenvalue weighted by atomic mass is 32.2. The highest BCUT2D eigenvalue weighted by molar-refractivity contribution is 8.01. The third-order valence-corrected chi connectivity index (χ3v) is 5.42. The Hall–Kier alpha value is -0.510. The van der Waals surface area contributed by atoms with Crippen molar-refractivity contribution in [1.82, 2.24) is 0 Å². The Morgan fingerprint density at radius 2 is 2.23 bits per heavy atom. The predicted molar refractivity (Wildman–Crippen MR) is 53.9 cm³/mol. The molecule has 0 bridgehead atoms. The zero-order valence-corrected chi connectivity index (χ0v) is 9.52. The van der Waals surface area contributed by atoms with Gasteiger partial charge in [-0.25, -0.2) is 8.42 Å². The zero-order chi connectivity index (χ0) is 10.1. The average Bonchev–Trinajstić information content (AvgIpc) is 2.45. The lowest BCUT2D eigenvalue weighted by Gasteiger charge is -1.88. The molecule has 0 radical (unpaired) electrons. The van der Waals surface area contributed by atoms with E-state index in [0.717, 1.165) is 21.8 Å². The van der Waals surface area contributed by atoms with Crippen molar-refractivity contribution in [2.24, 2.45) is 0 Å². The van der Waals surface area contributed by atoms with Crippen molar-refractivity contribution < 1.29 is 8.42 Å². The lowest BCUT2D eigenvalue weighted by atomic mass is 10.4. The van der Waals surface area contributed by atoms with Gasteiger partial charge in [0.2, 0.25) is 0 Å². The highest BCUT2D eigenvalue weighted by Crippen LogP contribution is 2.32. The van der Waals surface area contributed by atoms with Gasteiger partial charge in [0.15, 0.2) is 9.84 Å². The fraction of sp³-hybridized carbons (Fsp3) is 0.286. The van der Waals surface area contributed by atoms with Gasteiger partial charge in [0.25, 0.3) is 0 Å². The van der Waals surface area contributed by atoms with E-state index < -0.39 is 9.84 Å². The molecule has 1 rings (SSSR count). The molecule has 0 unspecified atom stereocenters. The topological polar surface area (TPSA) is 57.9 Å². The molecule has 1 aromatic rings. The van der Waals surface area contributed by atoms with E-state index >= 15 is 0 Å². The van der Waals surface area contributed by atoms with E-state index in [1.54, 1.807) is 0 Å².